The minimum Gasteiger partial charge on any atom is -0.493 e. The SMILES string of the molecule is NCC1(CNc2ccc3c(c2)CCCO3)COC1. The Bertz CT molecular complexity index is 424. The first-order valence-electron chi connectivity index (χ1n) is 6.59. The summed E-state index contributed by atoms with van der Waals surface area (Å²) in [5, 5.41) is 3.47. The molecular weight excluding hydrogens is 228 g/mol. The molecule has 1 saturated heterocycles. The average molecular weight is 248 g/mol. The molecule has 0 saturated carbocycles. The van der Waals surface area contributed by atoms with Crippen molar-refractivity contribution in [2.24, 2.45) is 11.1 Å². The number of fused-ring (bicyclic) bond motifs is 1. The van der Waals surface area contributed by atoms with Gasteiger partial charge in [-0.2, -0.15) is 0 Å². The zero-order valence-electron chi connectivity index (χ0n) is 10.6. The molecule has 18 heavy (non-hydrogen) atoms. The Labute approximate surface area is 107 Å². The van der Waals surface area contributed by atoms with Crippen molar-refractivity contribution in [2.75, 3.05) is 38.2 Å². The average Bonchev–Trinajstić information content (AvgIpc) is 2.38. The van der Waals surface area contributed by atoms with E-state index in [4.69, 9.17) is 15.2 Å². The van der Waals surface area contributed by atoms with Crippen LogP contribution in [0.25, 0.3) is 0 Å². The van der Waals surface area contributed by atoms with Crippen LogP contribution in [0.5, 0.6) is 5.75 Å². The summed E-state index contributed by atoms with van der Waals surface area (Å²) in [5.74, 6) is 1.03. The van der Waals surface area contributed by atoms with E-state index in [2.05, 4.69) is 23.5 Å². The van der Waals surface area contributed by atoms with Crippen LogP contribution >= 0.6 is 0 Å². The first-order valence-corrected chi connectivity index (χ1v) is 6.59. The molecule has 0 unspecified atom stereocenters. The molecule has 3 rings (SSSR count). The highest BCUT2D eigenvalue weighted by molar-refractivity contribution is 5.52. The van der Waals surface area contributed by atoms with E-state index < -0.39 is 0 Å². The summed E-state index contributed by atoms with van der Waals surface area (Å²) >= 11 is 0. The number of hydrogen-bond acceptors (Lipinski definition) is 4. The second-order valence-electron chi connectivity index (χ2n) is 5.32. The third kappa shape index (κ3) is 2.18. The van der Waals surface area contributed by atoms with E-state index in [-0.39, 0.29) is 5.41 Å². The Morgan fingerprint density at radius 2 is 2.22 bits per heavy atom. The van der Waals surface area contributed by atoms with Crippen LogP contribution in [0, 0.1) is 5.41 Å². The fraction of sp³-hybridized carbons (Fsp3) is 0.571. The fourth-order valence-electron chi connectivity index (χ4n) is 2.44. The van der Waals surface area contributed by atoms with E-state index in [1.54, 1.807) is 0 Å². The number of aryl methyl sites for hydroxylation is 1. The Morgan fingerprint density at radius 3 is 2.94 bits per heavy atom. The molecule has 0 aliphatic carbocycles. The minimum absolute atomic E-state index is 0.131. The van der Waals surface area contributed by atoms with E-state index in [1.807, 2.05) is 0 Å². The number of nitrogens with one attached hydrogen (secondary N) is 1. The largest absolute Gasteiger partial charge is 0.493 e. The highest BCUT2D eigenvalue weighted by Gasteiger charge is 2.36. The summed E-state index contributed by atoms with van der Waals surface area (Å²) in [6.07, 6.45) is 2.22. The normalized spacial score (nSPS) is 20.5. The van der Waals surface area contributed by atoms with Gasteiger partial charge in [-0.05, 0) is 36.6 Å². The van der Waals surface area contributed by atoms with E-state index in [0.717, 1.165) is 50.6 Å². The molecule has 0 bridgehead atoms. The molecule has 0 aromatic heterocycles. The number of anilines is 1. The first-order chi connectivity index (χ1) is 8.81. The Kier molecular flexibility index (Phi) is 3.14. The molecule has 1 aromatic carbocycles. The van der Waals surface area contributed by atoms with Gasteiger partial charge in [-0.25, -0.2) is 0 Å². The van der Waals surface area contributed by atoms with Crippen LogP contribution in [-0.4, -0.2) is 32.9 Å². The lowest BCUT2D eigenvalue weighted by Gasteiger charge is -2.40. The van der Waals surface area contributed by atoms with Gasteiger partial charge in [-0.3, -0.25) is 0 Å². The molecule has 1 aromatic rings. The minimum atomic E-state index is 0.131. The van der Waals surface area contributed by atoms with Gasteiger partial charge in [-0.15, -0.1) is 0 Å². The third-order valence-corrected chi connectivity index (χ3v) is 3.83. The Hall–Kier alpha value is -1.26. The summed E-state index contributed by atoms with van der Waals surface area (Å²) in [7, 11) is 0. The van der Waals surface area contributed by atoms with Crippen LogP contribution in [0.3, 0.4) is 0 Å². The van der Waals surface area contributed by atoms with Crippen molar-refractivity contribution in [3.63, 3.8) is 0 Å². The van der Waals surface area contributed by atoms with Gasteiger partial charge in [0.2, 0.25) is 0 Å². The summed E-state index contributed by atoms with van der Waals surface area (Å²) in [6.45, 7) is 3.93. The molecule has 0 atom stereocenters. The van der Waals surface area contributed by atoms with Crippen molar-refractivity contribution in [1.29, 1.82) is 0 Å². The molecule has 2 aliphatic heterocycles. The quantitative estimate of drug-likeness (QED) is 0.845. The maximum atomic E-state index is 5.80. The standard InChI is InChI=1S/C14H20N2O2/c15-7-14(9-17-10-14)8-16-12-3-4-13-11(6-12)2-1-5-18-13/h3-4,6,16H,1-2,5,7-10,15H2. The smallest absolute Gasteiger partial charge is 0.122 e. The highest BCUT2D eigenvalue weighted by Crippen LogP contribution is 2.30. The van der Waals surface area contributed by atoms with Gasteiger partial charge >= 0.3 is 0 Å². The van der Waals surface area contributed by atoms with Crippen LogP contribution in [-0.2, 0) is 11.2 Å². The van der Waals surface area contributed by atoms with Crippen molar-refractivity contribution in [1.82, 2.24) is 0 Å². The van der Waals surface area contributed by atoms with Crippen LogP contribution < -0.4 is 15.8 Å². The topological polar surface area (TPSA) is 56.5 Å². The van der Waals surface area contributed by atoms with Crippen molar-refractivity contribution in [3.05, 3.63) is 23.8 Å². The van der Waals surface area contributed by atoms with Crippen molar-refractivity contribution < 1.29 is 9.47 Å². The Balaban J connectivity index is 1.66. The summed E-state index contributed by atoms with van der Waals surface area (Å²) in [4.78, 5) is 0. The van der Waals surface area contributed by atoms with E-state index in [0.29, 0.717) is 6.54 Å². The molecule has 2 heterocycles. The lowest BCUT2D eigenvalue weighted by Crippen LogP contribution is -2.52. The molecule has 2 aliphatic rings. The predicted octanol–water partition coefficient (Wildman–Crippen LogP) is 1.40. The van der Waals surface area contributed by atoms with E-state index in [1.165, 1.54) is 5.56 Å². The van der Waals surface area contributed by atoms with Gasteiger partial charge in [0.15, 0.2) is 0 Å². The molecule has 0 amide bonds. The number of nitrogens with two attached hydrogens (primary N) is 1. The van der Waals surface area contributed by atoms with Crippen molar-refractivity contribution in [2.45, 2.75) is 12.8 Å². The van der Waals surface area contributed by atoms with Crippen LogP contribution in [0.2, 0.25) is 0 Å². The summed E-state index contributed by atoms with van der Waals surface area (Å²) in [5.41, 5.74) is 8.39. The summed E-state index contributed by atoms with van der Waals surface area (Å²) < 4.78 is 10.9. The van der Waals surface area contributed by atoms with Crippen LogP contribution in [0.15, 0.2) is 18.2 Å². The molecule has 4 nitrogen and oxygen atoms in total. The maximum absolute atomic E-state index is 5.80. The number of rotatable bonds is 4. The van der Waals surface area contributed by atoms with Gasteiger partial charge in [0.1, 0.15) is 5.75 Å². The molecule has 1 fully saturated rings. The molecule has 3 N–H and O–H groups in total. The monoisotopic (exact) mass is 248 g/mol. The molecular formula is C14H20N2O2. The summed E-state index contributed by atoms with van der Waals surface area (Å²) in [6, 6.07) is 6.33. The third-order valence-electron chi connectivity index (χ3n) is 3.83. The van der Waals surface area contributed by atoms with Gasteiger partial charge in [0, 0.05) is 24.2 Å². The molecule has 4 heteroatoms. The molecule has 0 radical (unpaired) electrons. The van der Waals surface area contributed by atoms with Crippen molar-refractivity contribution in [3.8, 4) is 5.75 Å². The number of hydrogen-bond donors (Lipinski definition) is 2. The first kappa shape index (κ1) is 11.8. The zero-order valence-corrected chi connectivity index (χ0v) is 10.6. The van der Waals surface area contributed by atoms with Gasteiger partial charge in [0.05, 0.1) is 19.8 Å². The maximum Gasteiger partial charge on any atom is 0.122 e. The van der Waals surface area contributed by atoms with Crippen LogP contribution in [0.4, 0.5) is 5.69 Å². The Morgan fingerprint density at radius 1 is 1.33 bits per heavy atom. The molecule has 98 valence electrons. The number of benzene rings is 1. The van der Waals surface area contributed by atoms with Crippen LogP contribution in [0.1, 0.15) is 12.0 Å². The van der Waals surface area contributed by atoms with Gasteiger partial charge < -0.3 is 20.5 Å². The fourth-order valence-corrected chi connectivity index (χ4v) is 2.44. The van der Waals surface area contributed by atoms with Gasteiger partial charge in [0.25, 0.3) is 0 Å². The lowest BCUT2D eigenvalue weighted by atomic mass is 9.86. The predicted molar refractivity (Wildman–Crippen MR) is 71.1 cm³/mol. The highest BCUT2D eigenvalue weighted by atomic mass is 16.5. The van der Waals surface area contributed by atoms with Crippen molar-refractivity contribution >= 4 is 5.69 Å². The number of ether oxygens (including phenoxy) is 2. The lowest BCUT2D eigenvalue weighted by molar-refractivity contribution is -0.0979. The zero-order chi connectivity index (χ0) is 12.4. The second-order valence-corrected chi connectivity index (χ2v) is 5.32. The second kappa shape index (κ2) is 4.78. The van der Waals surface area contributed by atoms with E-state index >= 15 is 0 Å². The van der Waals surface area contributed by atoms with E-state index in [9.17, 15) is 0 Å². The van der Waals surface area contributed by atoms with Gasteiger partial charge in [-0.1, -0.05) is 0 Å². The molecule has 0 spiro atoms.